The van der Waals surface area contributed by atoms with Crippen LogP contribution in [-0.4, -0.2) is 12.5 Å². The van der Waals surface area contributed by atoms with Crippen LogP contribution >= 0.6 is 0 Å². The van der Waals surface area contributed by atoms with Crippen LogP contribution in [0, 0.1) is 0 Å². The summed E-state index contributed by atoms with van der Waals surface area (Å²) in [6, 6.07) is 13.3. The molecule has 1 N–H and O–H groups in total. The van der Waals surface area contributed by atoms with Crippen LogP contribution in [0.2, 0.25) is 0 Å². The Morgan fingerprint density at radius 1 is 1.15 bits per heavy atom. The Labute approximate surface area is 129 Å². The molecule has 0 unspecified atom stereocenters. The Balaban J connectivity index is 0.00000200. The molecule has 2 rings (SSSR count). The van der Waals surface area contributed by atoms with Gasteiger partial charge in [-0.05, 0) is 24.3 Å². The number of carbonyl (C=O) groups excluding carboxylic acids is 1. The standard InChI is InChI=1S/C15H16N2O2.BrH/c1-13(18)16-14-5-7-15(8-6-14)19-12-11-17-9-3-2-4-10-17;/h2-10H,11-12H2,1H3;1H. The normalized spacial score (nSPS) is 9.45. The maximum absolute atomic E-state index is 10.9. The number of halogens is 1. The number of aromatic nitrogens is 1. The van der Waals surface area contributed by atoms with Crippen LogP contribution in [0.4, 0.5) is 5.69 Å². The quantitative estimate of drug-likeness (QED) is 0.713. The minimum Gasteiger partial charge on any atom is -1.00 e. The number of anilines is 1. The van der Waals surface area contributed by atoms with E-state index < -0.39 is 0 Å². The predicted molar refractivity (Wildman–Crippen MR) is 72.9 cm³/mol. The SMILES string of the molecule is CC(=O)Nc1ccc(OCC[n+]2ccccc2)cc1.[Br-]. The van der Waals surface area contributed by atoms with E-state index in [1.807, 2.05) is 54.9 Å². The molecule has 2 aromatic rings. The Hall–Kier alpha value is -1.88. The second-order valence-corrected chi connectivity index (χ2v) is 4.17. The van der Waals surface area contributed by atoms with E-state index in [2.05, 4.69) is 9.88 Å². The van der Waals surface area contributed by atoms with E-state index in [4.69, 9.17) is 4.74 Å². The highest BCUT2D eigenvalue weighted by molar-refractivity contribution is 5.88. The van der Waals surface area contributed by atoms with Gasteiger partial charge in [0.15, 0.2) is 18.9 Å². The summed E-state index contributed by atoms with van der Waals surface area (Å²) in [5, 5.41) is 2.72. The first-order chi connectivity index (χ1) is 9.24. The summed E-state index contributed by atoms with van der Waals surface area (Å²) >= 11 is 0. The zero-order valence-corrected chi connectivity index (χ0v) is 12.8. The molecule has 4 nitrogen and oxygen atoms in total. The number of hydrogen-bond acceptors (Lipinski definition) is 2. The summed E-state index contributed by atoms with van der Waals surface area (Å²) in [4.78, 5) is 10.9. The van der Waals surface area contributed by atoms with Crippen molar-refractivity contribution in [2.75, 3.05) is 11.9 Å². The molecule has 0 radical (unpaired) electrons. The van der Waals surface area contributed by atoms with E-state index in [-0.39, 0.29) is 22.9 Å². The molecule has 0 aliphatic carbocycles. The highest BCUT2D eigenvalue weighted by atomic mass is 79.9. The molecule has 1 amide bonds. The zero-order valence-electron chi connectivity index (χ0n) is 11.3. The Bertz CT molecular complexity index is 529. The number of amides is 1. The number of rotatable bonds is 5. The summed E-state index contributed by atoms with van der Waals surface area (Å²) < 4.78 is 7.70. The lowest BCUT2D eigenvalue weighted by molar-refractivity contribution is -0.697. The Kier molecular flexibility index (Phi) is 6.73. The first-order valence-electron chi connectivity index (χ1n) is 6.18. The smallest absolute Gasteiger partial charge is 0.221 e. The molecule has 0 spiro atoms. The van der Waals surface area contributed by atoms with Crippen LogP contribution in [-0.2, 0) is 11.3 Å². The van der Waals surface area contributed by atoms with Gasteiger partial charge in [-0.1, -0.05) is 6.07 Å². The minimum absolute atomic E-state index is 0. The van der Waals surface area contributed by atoms with Crippen molar-refractivity contribution in [1.29, 1.82) is 0 Å². The highest BCUT2D eigenvalue weighted by Crippen LogP contribution is 2.15. The van der Waals surface area contributed by atoms with Gasteiger partial charge in [0.05, 0.1) is 0 Å². The van der Waals surface area contributed by atoms with Gasteiger partial charge >= 0.3 is 0 Å². The molecule has 0 aliphatic rings. The largest absolute Gasteiger partial charge is 1.00 e. The molecule has 1 aromatic heterocycles. The number of pyridine rings is 1. The van der Waals surface area contributed by atoms with E-state index in [1.165, 1.54) is 6.92 Å². The third kappa shape index (κ3) is 5.40. The minimum atomic E-state index is -0.0749. The number of nitrogens with zero attached hydrogens (tertiary/aromatic N) is 1. The average molecular weight is 337 g/mol. The average Bonchev–Trinajstić information content (AvgIpc) is 2.41. The topological polar surface area (TPSA) is 42.2 Å². The third-order valence-corrected chi connectivity index (χ3v) is 2.57. The lowest BCUT2D eigenvalue weighted by Crippen LogP contribution is -3.00. The van der Waals surface area contributed by atoms with Gasteiger partial charge in [-0.25, -0.2) is 4.57 Å². The molecule has 0 saturated carbocycles. The number of nitrogens with one attached hydrogen (secondary N) is 1. The van der Waals surface area contributed by atoms with Crippen molar-refractivity contribution in [1.82, 2.24) is 0 Å². The fourth-order valence-corrected chi connectivity index (χ4v) is 1.69. The van der Waals surface area contributed by atoms with Crippen molar-refractivity contribution in [2.45, 2.75) is 13.5 Å². The molecule has 20 heavy (non-hydrogen) atoms. The van der Waals surface area contributed by atoms with Crippen molar-refractivity contribution in [2.24, 2.45) is 0 Å². The van der Waals surface area contributed by atoms with Gasteiger partial charge in [0.2, 0.25) is 5.91 Å². The summed E-state index contributed by atoms with van der Waals surface area (Å²) in [6.45, 7) is 2.89. The van der Waals surface area contributed by atoms with Crippen LogP contribution in [0.5, 0.6) is 5.75 Å². The summed E-state index contributed by atoms with van der Waals surface area (Å²) in [5.74, 6) is 0.722. The van der Waals surface area contributed by atoms with Crippen LogP contribution < -0.4 is 31.6 Å². The van der Waals surface area contributed by atoms with E-state index >= 15 is 0 Å². The van der Waals surface area contributed by atoms with E-state index in [0.717, 1.165) is 18.0 Å². The second kappa shape index (κ2) is 8.32. The van der Waals surface area contributed by atoms with Gasteiger partial charge in [-0.2, -0.15) is 0 Å². The van der Waals surface area contributed by atoms with Crippen molar-refractivity contribution >= 4 is 11.6 Å². The molecule has 0 bridgehead atoms. The van der Waals surface area contributed by atoms with Crippen LogP contribution in [0.3, 0.4) is 0 Å². The van der Waals surface area contributed by atoms with Gasteiger partial charge in [0, 0.05) is 24.7 Å². The van der Waals surface area contributed by atoms with Gasteiger partial charge in [-0.15, -0.1) is 0 Å². The molecular formula is C15H17BrN2O2. The van der Waals surface area contributed by atoms with Crippen molar-refractivity contribution in [3.8, 4) is 5.75 Å². The number of carbonyl (C=O) groups is 1. The number of benzene rings is 1. The summed E-state index contributed by atoms with van der Waals surface area (Å²) in [7, 11) is 0. The van der Waals surface area contributed by atoms with E-state index in [0.29, 0.717) is 6.61 Å². The van der Waals surface area contributed by atoms with Crippen molar-refractivity contribution < 1.29 is 31.1 Å². The van der Waals surface area contributed by atoms with Gasteiger partial charge in [-0.3, -0.25) is 4.79 Å². The van der Waals surface area contributed by atoms with E-state index in [9.17, 15) is 4.79 Å². The monoisotopic (exact) mass is 336 g/mol. The van der Waals surface area contributed by atoms with Gasteiger partial charge in [0.25, 0.3) is 0 Å². The molecular weight excluding hydrogens is 320 g/mol. The van der Waals surface area contributed by atoms with Crippen LogP contribution in [0.15, 0.2) is 54.9 Å². The molecule has 0 fully saturated rings. The Morgan fingerprint density at radius 3 is 2.40 bits per heavy atom. The molecule has 1 aromatic carbocycles. The van der Waals surface area contributed by atoms with Crippen molar-refractivity contribution in [3.05, 3.63) is 54.9 Å². The molecule has 0 atom stereocenters. The first-order valence-corrected chi connectivity index (χ1v) is 6.18. The van der Waals surface area contributed by atoms with Gasteiger partial charge in [0.1, 0.15) is 12.4 Å². The summed E-state index contributed by atoms with van der Waals surface area (Å²) in [5.41, 5.74) is 0.775. The first kappa shape index (κ1) is 16.2. The number of ether oxygens (including phenoxy) is 1. The lowest BCUT2D eigenvalue weighted by atomic mass is 10.3. The highest BCUT2D eigenvalue weighted by Gasteiger charge is 2.00. The lowest BCUT2D eigenvalue weighted by Gasteiger charge is -2.06. The fraction of sp³-hybridized carbons (Fsp3) is 0.200. The van der Waals surface area contributed by atoms with Crippen molar-refractivity contribution in [3.63, 3.8) is 0 Å². The second-order valence-electron chi connectivity index (χ2n) is 4.17. The molecule has 106 valence electrons. The maximum atomic E-state index is 10.9. The predicted octanol–water partition coefficient (Wildman–Crippen LogP) is -0.984. The van der Waals surface area contributed by atoms with Gasteiger partial charge < -0.3 is 27.0 Å². The van der Waals surface area contributed by atoms with E-state index in [1.54, 1.807) is 0 Å². The zero-order chi connectivity index (χ0) is 13.5. The van der Waals surface area contributed by atoms with Crippen LogP contribution in [0.1, 0.15) is 6.92 Å². The van der Waals surface area contributed by atoms with Crippen LogP contribution in [0.25, 0.3) is 0 Å². The fourth-order valence-electron chi connectivity index (χ4n) is 1.69. The maximum Gasteiger partial charge on any atom is 0.221 e. The molecule has 5 heteroatoms. The Morgan fingerprint density at radius 2 is 1.80 bits per heavy atom. The third-order valence-electron chi connectivity index (χ3n) is 2.57. The summed E-state index contributed by atoms with van der Waals surface area (Å²) in [6.07, 6.45) is 4.01. The number of hydrogen-bond donors (Lipinski definition) is 1. The molecule has 0 saturated heterocycles. The molecule has 1 heterocycles. The molecule has 0 aliphatic heterocycles.